The van der Waals surface area contributed by atoms with E-state index in [0.29, 0.717) is 66.1 Å². The number of aryl methyl sites for hydroxylation is 1. The van der Waals surface area contributed by atoms with Gasteiger partial charge in [-0.3, -0.25) is 14.6 Å². The van der Waals surface area contributed by atoms with Gasteiger partial charge in [-0.05, 0) is 44.7 Å². The Kier molecular flexibility index (Phi) is 9.04. The highest BCUT2D eigenvalue weighted by atomic mass is 17.2. The summed E-state index contributed by atoms with van der Waals surface area (Å²) in [7, 11) is 0. The standard InChI is InChI=1S/C32H39N3O11/c1-16-7-22(37)20-9-19-10-25(46-43-15-24(39)29(42)28(41)23(38)14-36)32(2,5-3-17-8-26(40)34-11-17)45-30(19)27(31(20)44-16)35-12-18-4-6-33-21(18)13-35/h4,6-7,9,13,17,23-25,28-29,36,38-39,41-42H,3,5,8,10-12,14-15H2,1-2H3,(H,34,40). The molecule has 7 unspecified atom stereocenters. The number of fused-ring (bicyclic) bond motifs is 3. The van der Waals surface area contributed by atoms with Crippen LogP contribution in [0.3, 0.4) is 0 Å². The van der Waals surface area contributed by atoms with E-state index < -0.39 is 49.3 Å². The van der Waals surface area contributed by atoms with Gasteiger partial charge >= 0.3 is 0 Å². The van der Waals surface area contributed by atoms with Crippen molar-refractivity contribution >= 4 is 28.8 Å². The lowest BCUT2D eigenvalue weighted by atomic mass is 9.83. The molecular weight excluding hydrogens is 602 g/mol. The molecule has 14 nitrogen and oxygen atoms in total. The fourth-order valence-corrected chi connectivity index (χ4v) is 6.37. The highest BCUT2D eigenvalue weighted by Crippen LogP contribution is 2.48. The number of anilines is 1. The van der Waals surface area contributed by atoms with Gasteiger partial charge in [-0.15, -0.1) is 0 Å². The third kappa shape index (κ3) is 6.21. The van der Waals surface area contributed by atoms with Gasteiger partial charge in [0.25, 0.3) is 0 Å². The second-order valence-corrected chi connectivity index (χ2v) is 12.6. The zero-order valence-electron chi connectivity index (χ0n) is 25.6. The second-order valence-electron chi connectivity index (χ2n) is 12.6. The summed E-state index contributed by atoms with van der Waals surface area (Å²) in [5, 5.41) is 52.4. The zero-order valence-corrected chi connectivity index (χ0v) is 25.6. The van der Waals surface area contributed by atoms with Crippen LogP contribution in [0.15, 0.2) is 49.9 Å². The Labute approximate surface area is 264 Å². The van der Waals surface area contributed by atoms with Crippen molar-refractivity contribution in [1.82, 2.24) is 5.32 Å². The predicted octanol–water partition coefficient (Wildman–Crippen LogP) is 0.136. The number of aliphatic hydroxyl groups excluding tert-OH is 5. The molecule has 1 aromatic heterocycles. The van der Waals surface area contributed by atoms with Crippen molar-refractivity contribution in [3.63, 3.8) is 0 Å². The molecule has 6 rings (SSSR count). The Hall–Kier alpha value is -3.63. The molecular formula is C32H39N3O11. The SMILES string of the molecule is Cc1cc(=O)c2cc3c(c(N4C=C5N=CC=C5C4)c2o1)OC(C)(CCC1CNC(=O)C1)C(OOCC(O)C(O)C(O)C(O)CO)C3. The summed E-state index contributed by atoms with van der Waals surface area (Å²) < 4.78 is 13.0. The van der Waals surface area contributed by atoms with Gasteiger partial charge in [-0.2, -0.15) is 0 Å². The van der Waals surface area contributed by atoms with Crippen molar-refractivity contribution in [1.29, 1.82) is 0 Å². The molecule has 2 aromatic rings. The maximum atomic E-state index is 13.2. The zero-order chi connectivity index (χ0) is 32.7. The molecule has 0 saturated carbocycles. The first-order valence-electron chi connectivity index (χ1n) is 15.4. The first-order chi connectivity index (χ1) is 22.0. The number of benzene rings is 1. The highest BCUT2D eigenvalue weighted by molar-refractivity contribution is 5.96. The van der Waals surface area contributed by atoms with Crippen molar-refractivity contribution in [3.8, 4) is 5.75 Å². The molecule has 1 fully saturated rings. The quantitative estimate of drug-likeness (QED) is 0.135. The van der Waals surface area contributed by atoms with Gasteiger partial charge in [0, 0.05) is 49.0 Å². The molecule has 14 heteroatoms. The molecule has 1 aromatic carbocycles. The van der Waals surface area contributed by atoms with Gasteiger partial charge < -0.3 is 44.9 Å². The monoisotopic (exact) mass is 641 g/mol. The van der Waals surface area contributed by atoms with Crippen LogP contribution in [0.4, 0.5) is 5.69 Å². The van der Waals surface area contributed by atoms with E-state index in [0.717, 1.165) is 11.3 Å². The normalized spacial score (nSPS) is 26.2. The largest absolute Gasteiger partial charge is 0.482 e. The molecule has 4 aliphatic heterocycles. The van der Waals surface area contributed by atoms with E-state index in [1.807, 2.05) is 24.1 Å². The van der Waals surface area contributed by atoms with Crippen LogP contribution < -0.4 is 20.4 Å². The van der Waals surface area contributed by atoms with E-state index >= 15 is 0 Å². The topological polar surface area (TPSA) is 204 Å². The first kappa shape index (κ1) is 32.3. The van der Waals surface area contributed by atoms with E-state index in [2.05, 4.69) is 10.3 Å². The molecule has 1 amide bonds. The van der Waals surface area contributed by atoms with E-state index in [1.165, 1.54) is 6.07 Å². The second kappa shape index (κ2) is 12.9. The molecule has 0 radical (unpaired) electrons. The fourth-order valence-electron chi connectivity index (χ4n) is 6.37. The molecule has 5 heterocycles. The van der Waals surface area contributed by atoms with Crippen molar-refractivity contribution in [2.24, 2.45) is 10.9 Å². The van der Waals surface area contributed by atoms with Crippen molar-refractivity contribution in [2.75, 3.05) is 31.2 Å². The van der Waals surface area contributed by atoms with Crippen LogP contribution in [0.25, 0.3) is 11.0 Å². The Morgan fingerprint density at radius 1 is 1.15 bits per heavy atom. The summed E-state index contributed by atoms with van der Waals surface area (Å²) in [6, 6.07) is 3.15. The number of amides is 1. The number of aliphatic imine (C=N–C) groups is 1. The highest BCUT2D eigenvalue weighted by Gasteiger charge is 2.46. The van der Waals surface area contributed by atoms with E-state index in [4.69, 9.17) is 24.0 Å². The number of hydrogen-bond donors (Lipinski definition) is 6. The van der Waals surface area contributed by atoms with E-state index in [1.54, 1.807) is 19.2 Å². The van der Waals surface area contributed by atoms with Crippen LogP contribution >= 0.6 is 0 Å². The third-order valence-corrected chi connectivity index (χ3v) is 9.15. The Bertz CT molecular complexity index is 1650. The number of aliphatic hydroxyl groups is 5. The summed E-state index contributed by atoms with van der Waals surface area (Å²) in [6.07, 6.45) is -0.430. The van der Waals surface area contributed by atoms with Gasteiger partial charge in [-0.1, -0.05) is 0 Å². The minimum Gasteiger partial charge on any atom is -0.482 e. The van der Waals surface area contributed by atoms with Crippen LogP contribution in [0.2, 0.25) is 0 Å². The van der Waals surface area contributed by atoms with Crippen molar-refractivity contribution in [3.05, 3.63) is 57.2 Å². The molecule has 1 saturated heterocycles. The smallest absolute Gasteiger partial charge is 0.220 e. The van der Waals surface area contributed by atoms with Gasteiger partial charge in [0.15, 0.2) is 16.8 Å². The number of ether oxygens (including phenoxy) is 1. The van der Waals surface area contributed by atoms with Crippen LogP contribution in [0, 0.1) is 12.8 Å². The molecule has 0 bridgehead atoms. The van der Waals surface area contributed by atoms with Gasteiger partial charge in [0.2, 0.25) is 5.91 Å². The number of rotatable bonds is 12. The number of carbonyl (C=O) groups is 1. The number of hydrogen-bond acceptors (Lipinski definition) is 13. The minimum absolute atomic E-state index is 0.00835. The Morgan fingerprint density at radius 3 is 2.65 bits per heavy atom. The number of allylic oxidation sites excluding steroid dienone is 1. The molecule has 0 aliphatic carbocycles. The Balaban J connectivity index is 1.33. The van der Waals surface area contributed by atoms with E-state index in [9.17, 15) is 30.0 Å². The average Bonchev–Trinajstić information content (AvgIpc) is 3.75. The van der Waals surface area contributed by atoms with Gasteiger partial charge in [-0.25, -0.2) is 9.78 Å². The summed E-state index contributed by atoms with van der Waals surface area (Å²) >= 11 is 0. The van der Waals surface area contributed by atoms with Crippen molar-refractivity contribution in [2.45, 2.75) is 75.7 Å². The van der Waals surface area contributed by atoms with Crippen LogP contribution in [0.5, 0.6) is 5.75 Å². The third-order valence-electron chi connectivity index (χ3n) is 9.15. The van der Waals surface area contributed by atoms with Crippen LogP contribution in [-0.2, 0) is 21.0 Å². The number of nitrogens with one attached hydrogen (secondary N) is 1. The van der Waals surface area contributed by atoms with Gasteiger partial charge in [0.05, 0.1) is 24.2 Å². The lowest BCUT2D eigenvalue weighted by Gasteiger charge is -2.43. The maximum absolute atomic E-state index is 13.2. The predicted molar refractivity (Wildman–Crippen MR) is 164 cm³/mol. The van der Waals surface area contributed by atoms with E-state index in [-0.39, 0.29) is 23.7 Å². The molecule has 0 spiro atoms. The Morgan fingerprint density at radius 2 is 1.93 bits per heavy atom. The minimum atomic E-state index is -1.82. The summed E-state index contributed by atoms with van der Waals surface area (Å²) in [5.41, 5.74) is 2.22. The van der Waals surface area contributed by atoms with Crippen molar-refractivity contribution < 1.29 is 49.3 Å². The first-order valence-corrected chi connectivity index (χ1v) is 15.4. The molecule has 46 heavy (non-hydrogen) atoms. The molecule has 248 valence electrons. The average molecular weight is 642 g/mol. The molecule has 4 aliphatic rings. The lowest BCUT2D eigenvalue weighted by molar-refractivity contribution is -0.360. The summed E-state index contributed by atoms with van der Waals surface area (Å²) in [4.78, 5) is 42.7. The number of carbonyl (C=O) groups excluding carboxylic acids is 1. The van der Waals surface area contributed by atoms with Crippen LogP contribution in [0.1, 0.15) is 37.5 Å². The summed E-state index contributed by atoms with van der Waals surface area (Å²) in [5.74, 6) is 1.05. The van der Waals surface area contributed by atoms with Gasteiger partial charge in [0.1, 0.15) is 54.2 Å². The molecule has 6 N–H and O–H groups in total. The maximum Gasteiger partial charge on any atom is 0.220 e. The fraction of sp³-hybridized carbons (Fsp3) is 0.531. The molecule has 7 atom stereocenters. The summed E-state index contributed by atoms with van der Waals surface area (Å²) in [6.45, 7) is 3.25. The van der Waals surface area contributed by atoms with Crippen LogP contribution in [-0.4, -0.2) is 100 Å². The lowest BCUT2D eigenvalue weighted by Crippen LogP contribution is -2.51. The number of nitrogens with zero attached hydrogens (tertiary/aromatic N) is 2.